The summed E-state index contributed by atoms with van der Waals surface area (Å²) in [5, 5.41) is 9.72. The van der Waals surface area contributed by atoms with E-state index in [-0.39, 0.29) is 11.9 Å². The Kier molecular flexibility index (Phi) is 5.41. The fourth-order valence-corrected chi connectivity index (χ4v) is 4.46. The molecular weight excluding hydrogens is 400 g/mol. The van der Waals surface area contributed by atoms with Crippen molar-refractivity contribution in [3.8, 4) is 5.69 Å². The predicted molar refractivity (Wildman–Crippen MR) is 125 cm³/mol. The van der Waals surface area contributed by atoms with Crippen LogP contribution in [0.3, 0.4) is 0 Å². The maximum atomic E-state index is 13.8. The van der Waals surface area contributed by atoms with E-state index in [4.69, 9.17) is 0 Å². The third-order valence-corrected chi connectivity index (χ3v) is 6.24. The Morgan fingerprint density at radius 3 is 2.53 bits per heavy atom. The van der Waals surface area contributed by atoms with E-state index in [1.807, 2.05) is 72.5 Å². The van der Waals surface area contributed by atoms with Crippen molar-refractivity contribution >= 4 is 22.5 Å². The number of amides is 1. The number of carbonyl (C=O) groups is 1. The highest BCUT2D eigenvalue weighted by atomic mass is 16.2. The Labute approximate surface area is 187 Å². The van der Waals surface area contributed by atoms with Crippen LogP contribution in [0.5, 0.6) is 0 Å². The number of likely N-dealkylation sites (tertiary alicyclic amines) is 1. The monoisotopic (exact) mass is 426 g/mol. The topological polar surface area (TPSA) is 67.2 Å². The number of piperidine rings is 1. The van der Waals surface area contributed by atoms with Gasteiger partial charge in [-0.2, -0.15) is 0 Å². The van der Waals surface area contributed by atoms with Gasteiger partial charge in [-0.3, -0.25) is 9.78 Å². The zero-order valence-electron chi connectivity index (χ0n) is 18.3. The summed E-state index contributed by atoms with van der Waals surface area (Å²) < 4.78 is 1.72. The van der Waals surface area contributed by atoms with Gasteiger partial charge in [0.05, 0.1) is 16.9 Å². The van der Waals surface area contributed by atoms with Crippen molar-refractivity contribution in [1.29, 1.82) is 0 Å². The van der Waals surface area contributed by atoms with Crippen molar-refractivity contribution in [1.82, 2.24) is 24.9 Å². The summed E-state index contributed by atoms with van der Waals surface area (Å²) in [6, 6.07) is 19.9. The Morgan fingerprint density at radius 1 is 1.00 bits per heavy atom. The van der Waals surface area contributed by atoms with E-state index in [1.165, 1.54) is 0 Å². The van der Waals surface area contributed by atoms with E-state index in [9.17, 15) is 4.79 Å². The van der Waals surface area contributed by atoms with Crippen LogP contribution in [-0.2, 0) is 0 Å². The van der Waals surface area contributed by atoms with Gasteiger partial charge in [0.1, 0.15) is 0 Å². The first-order valence-corrected chi connectivity index (χ1v) is 11.0. The van der Waals surface area contributed by atoms with Gasteiger partial charge >= 0.3 is 0 Å². The lowest BCUT2D eigenvalue weighted by atomic mass is 10.0. The fraction of sp³-hybridized carbons (Fsp3) is 0.280. The number of hydrogen-bond donors (Lipinski definition) is 0. The molecule has 1 amide bonds. The average Bonchev–Trinajstić information content (AvgIpc) is 3.22. The van der Waals surface area contributed by atoms with Crippen molar-refractivity contribution in [2.24, 2.45) is 0 Å². The van der Waals surface area contributed by atoms with Gasteiger partial charge < -0.3 is 9.80 Å². The first-order chi connectivity index (χ1) is 15.6. The van der Waals surface area contributed by atoms with E-state index in [2.05, 4.69) is 27.2 Å². The molecule has 3 heterocycles. The first-order valence-electron chi connectivity index (χ1n) is 11.0. The molecule has 0 unspecified atom stereocenters. The molecule has 4 aromatic rings. The summed E-state index contributed by atoms with van der Waals surface area (Å²) in [5.74, 6) is -0.109. The minimum absolute atomic E-state index is 0.109. The SMILES string of the molecule is Cc1c(C(=O)N(c2ccccc2)C2CCN(C)CC2)nnn1-c1cccc2cccnc12. The molecule has 0 aliphatic carbocycles. The number of hydrogen-bond acceptors (Lipinski definition) is 5. The molecule has 2 aromatic carbocycles. The number of para-hydroxylation sites is 2. The highest BCUT2D eigenvalue weighted by molar-refractivity contribution is 6.06. The zero-order chi connectivity index (χ0) is 22.1. The van der Waals surface area contributed by atoms with E-state index < -0.39 is 0 Å². The van der Waals surface area contributed by atoms with Gasteiger partial charge in [0.25, 0.3) is 5.91 Å². The van der Waals surface area contributed by atoms with E-state index >= 15 is 0 Å². The molecule has 7 heteroatoms. The lowest BCUT2D eigenvalue weighted by Gasteiger charge is -2.37. The van der Waals surface area contributed by atoms with Crippen LogP contribution in [0.2, 0.25) is 0 Å². The molecule has 0 saturated carbocycles. The van der Waals surface area contributed by atoms with Gasteiger partial charge in [0.2, 0.25) is 0 Å². The molecule has 1 aliphatic rings. The summed E-state index contributed by atoms with van der Waals surface area (Å²) in [6.07, 6.45) is 3.62. The van der Waals surface area contributed by atoms with Crippen LogP contribution in [-0.4, -0.2) is 57.0 Å². The minimum Gasteiger partial charge on any atom is -0.306 e. The summed E-state index contributed by atoms with van der Waals surface area (Å²) in [6.45, 7) is 3.83. The highest BCUT2D eigenvalue weighted by Gasteiger charge is 2.32. The molecule has 1 aliphatic heterocycles. The molecule has 0 bridgehead atoms. The second kappa shape index (κ2) is 8.51. The molecule has 1 fully saturated rings. The van der Waals surface area contributed by atoms with Crippen molar-refractivity contribution in [2.45, 2.75) is 25.8 Å². The Balaban J connectivity index is 1.55. The molecule has 0 N–H and O–H groups in total. The molecule has 0 spiro atoms. The molecule has 0 radical (unpaired) electrons. The lowest BCUT2D eigenvalue weighted by Crippen LogP contribution is -2.47. The molecule has 1 saturated heterocycles. The minimum atomic E-state index is -0.109. The van der Waals surface area contributed by atoms with E-state index in [0.717, 1.165) is 48.2 Å². The lowest BCUT2D eigenvalue weighted by molar-refractivity contribution is 0.0958. The maximum Gasteiger partial charge on any atom is 0.281 e. The van der Waals surface area contributed by atoms with Crippen LogP contribution in [0, 0.1) is 6.92 Å². The molecule has 7 nitrogen and oxygen atoms in total. The standard InChI is InChI=1S/C25H26N6O/c1-18-23(27-28-31(18)22-12-6-8-19-9-7-15-26-24(19)22)25(32)30(20-10-4-3-5-11-20)21-13-16-29(2)17-14-21/h3-12,15,21H,13-14,16-17H2,1-2H3. The first kappa shape index (κ1) is 20.3. The number of fused-ring (bicyclic) bond motifs is 1. The highest BCUT2D eigenvalue weighted by Crippen LogP contribution is 2.27. The van der Waals surface area contributed by atoms with Crippen molar-refractivity contribution < 1.29 is 4.79 Å². The van der Waals surface area contributed by atoms with Crippen molar-refractivity contribution in [3.63, 3.8) is 0 Å². The van der Waals surface area contributed by atoms with Crippen molar-refractivity contribution in [2.75, 3.05) is 25.0 Å². The van der Waals surface area contributed by atoms with Gasteiger partial charge in [0.15, 0.2) is 5.69 Å². The van der Waals surface area contributed by atoms with E-state index in [1.54, 1.807) is 10.9 Å². The number of nitrogens with zero attached hydrogens (tertiary/aromatic N) is 6. The normalized spacial score (nSPS) is 15.2. The summed E-state index contributed by atoms with van der Waals surface area (Å²) in [7, 11) is 2.12. The molecule has 5 rings (SSSR count). The van der Waals surface area contributed by atoms with Crippen LogP contribution in [0.1, 0.15) is 29.0 Å². The van der Waals surface area contributed by atoms with Gasteiger partial charge in [-0.1, -0.05) is 41.6 Å². The third-order valence-electron chi connectivity index (χ3n) is 6.24. The number of benzene rings is 2. The second-order valence-corrected chi connectivity index (χ2v) is 8.33. The largest absolute Gasteiger partial charge is 0.306 e. The third kappa shape index (κ3) is 3.65. The van der Waals surface area contributed by atoms with Crippen LogP contribution >= 0.6 is 0 Å². The quantitative estimate of drug-likeness (QED) is 0.496. The summed E-state index contributed by atoms with van der Waals surface area (Å²) in [5.41, 5.74) is 3.63. The van der Waals surface area contributed by atoms with Crippen LogP contribution in [0.15, 0.2) is 66.9 Å². The molecule has 2 aromatic heterocycles. The van der Waals surface area contributed by atoms with Gasteiger partial charge in [-0.15, -0.1) is 5.10 Å². The maximum absolute atomic E-state index is 13.8. The smallest absolute Gasteiger partial charge is 0.281 e. The van der Waals surface area contributed by atoms with Crippen LogP contribution in [0.25, 0.3) is 16.6 Å². The molecule has 32 heavy (non-hydrogen) atoms. The summed E-state index contributed by atoms with van der Waals surface area (Å²) in [4.78, 5) is 22.6. The zero-order valence-corrected chi connectivity index (χ0v) is 18.3. The van der Waals surface area contributed by atoms with E-state index in [0.29, 0.717) is 11.4 Å². The van der Waals surface area contributed by atoms with Gasteiger partial charge in [-0.05, 0) is 64.2 Å². The number of carbonyl (C=O) groups excluding carboxylic acids is 1. The summed E-state index contributed by atoms with van der Waals surface area (Å²) >= 11 is 0. The van der Waals surface area contributed by atoms with Crippen LogP contribution in [0.4, 0.5) is 5.69 Å². The van der Waals surface area contributed by atoms with Crippen LogP contribution < -0.4 is 4.90 Å². The average molecular weight is 427 g/mol. The number of pyridine rings is 1. The molecule has 0 atom stereocenters. The second-order valence-electron chi connectivity index (χ2n) is 8.33. The van der Waals surface area contributed by atoms with Gasteiger partial charge in [0, 0.05) is 23.3 Å². The number of rotatable bonds is 4. The fourth-order valence-electron chi connectivity index (χ4n) is 4.46. The predicted octanol–water partition coefficient (Wildman–Crippen LogP) is 3.86. The Morgan fingerprint density at radius 2 is 1.75 bits per heavy atom. The molecular formula is C25H26N6O. The molecule has 162 valence electrons. The number of aromatic nitrogens is 4. The van der Waals surface area contributed by atoms with Crippen molar-refractivity contribution in [3.05, 3.63) is 78.2 Å². The Bertz CT molecular complexity index is 1240. The Hall–Kier alpha value is -3.58. The van der Waals surface area contributed by atoms with Gasteiger partial charge in [-0.25, -0.2) is 4.68 Å². The number of anilines is 1.